The molecule has 0 aliphatic rings. The Labute approximate surface area is 152 Å². The van der Waals surface area contributed by atoms with E-state index in [0.717, 1.165) is 37.8 Å². The lowest BCUT2D eigenvalue weighted by Gasteiger charge is -2.14. The molecule has 0 saturated carbocycles. The van der Waals surface area contributed by atoms with Gasteiger partial charge in [0.15, 0.2) is 0 Å². The van der Waals surface area contributed by atoms with E-state index >= 15 is 0 Å². The smallest absolute Gasteiger partial charge is 0.336 e. The first-order valence-corrected chi connectivity index (χ1v) is 8.63. The van der Waals surface area contributed by atoms with Crippen molar-refractivity contribution in [1.82, 2.24) is 0 Å². The molecular weight excluding hydrogens is 340 g/mol. The summed E-state index contributed by atoms with van der Waals surface area (Å²) in [5.41, 5.74) is -0.595. The molecule has 8 heteroatoms. The van der Waals surface area contributed by atoms with Crippen LogP contribution in [-0.2, 0) is 4.79 Å². The largest absolute Gasteiger partial charge is 0.416 e. The third-order valence-corrected chi connectivity index (χ3v) is 4.04. The van der Waals surface area contributed by atoms with Crippen LogP contribution in [0.15, 0.2) is 24.3 Å². The van der Waals surface area contributed by atoms with Gasteiger partial charge in [0, 0.05) is 11.6 Å². The van der Waals surface area contributed by atoms with Crippen LogP contribution in [0, 0.1) is 20.2 Å². The second kappa shape index (κ2) is 10.3. The number of unbranched alkanes of at least 4 members (excludes halogenated alkanes) is 3. The first-order valence-electron chi connectivity index (χ1n) is 8.63. The molecule has 0 radical (unpaired) electrons. The number of carbonyl (C=O) groups is 1. The predicted molar refractivity (Wildman–Crippen MR) is 97.4 cm³/mol. The average molecular weight is 364 g/mol. The molecule has 0 aliphatic heterocycles. The van der Waals surface area contributed by atoms with E-state index in [-0.39, 0.29) is 17.4 Å². The summed E-state index contributed by atoms with van der Waals surface area (Å²) in [6.07, 6.45) is 7.36. The van der Waals surface area contributed by atoms with Crippen molar-refractivity contribution in [3.63, 3.8) is 0 Å². The van der Waals surface area contributed by atoms with E-state index in [1.54, 1.807) is 6.92 Å². The standard InChI is InChI=1S/C18H24N2O6/c1-4-6-7-8-10-13(3)14-11-17(26-18(21)9-5-2)16(20(24)25)12-15(14)19(22)23/h5,9,11-13H,4,6-8,10H2,1-3H3/b9-5+. The second-order valence-electron chi connectivity index (χ2n) is 6.06. The van der Waals surface area contributed by atoms with Crippen molar-refractivity contribution in [2.75, 3.05) is 0 Å². The zero-order valence-corrected chi connectivity index (χ0v) is 15.3. The summed E-state index contributed by atoms with van der Waals surface area (Å²) in [6.45, 7) is 5.53. The topological polar surface area (TPSA) is 113 Å². The summed E-state index contributed by atoms with van der Waals surface area (Å²) in [5.74, 6) is -1.24. The summed E-state index contributed by atoms with van der Waals surface area (Å²) in [4.78, 5) is 32.9. The molecule has 0 heterocycles. The van der Waals surface area contributed by atoms with Gasteiger partial charge in [0.05, 0.1) is 15.9 Å². The van der Waals surface area contributed by atoms with Gasteiger partial charge in [-0.05, 0) is 25.3 Å². The van der Waals surface area contributed by atoms with Gasteiger partial charge in [-0.1, -0.05) is 45.6 Å². The quantitative estimate of drug-likeness (QED) is 0.143. The van der Waals surface area contributed by atoms with Crippen LogP contribution in [0.5, 0.6) is 5.75 Å². The van der Waals surface area contributed by atoms with E-state index < -0.39 is 21.5 Å². The number of carbonyl (C=O) groups excluding carboxylic acids is 1. The molecule has 1 aromatic carbocycles. The molecule has 1 rings (SSSR count). The fourth-order valence-corrected chi connectivity index (χ4v) is 2.66. The number of hydrogen-bond donors (Lipinski definition) is 0. The van der Waals surface area contributed by atoms with Crippen molar-refractivity contribution in [3.8, 4) is 5.75 Å². The van der Waals surface area contributed by atoms with E-state index in [2.05, 4.69) is 6.92 Å². The molecule has 0 saturated heterocycles. The molecule has 0 N–H and O–H groups in total. The summed E-state index contributed by atoms with van der Waals surface area (Å²) >= 11 is 0. The third kappa shape index (κ3) is 5.94. The fourth-order valence-electron chi connectivity index (χ4n) is 2.66. The third-order valence-electron chi connectivity index (χ3n) is 4.04. The molecule has 1 aromatic rings. The van der Waals surface area contributed by atoms with E-state index in [0.29, 0.717) is 12.0 Å². The minimum absolute atomic E-state index is 0.188. The van der Waals surface area contributed by atoms with Crippen LogP contribution in [0.2, 0.25) is 0 Å². The van der Waals surface area contributed by atoms with Gasteiger partial charge in [-0.2, -0.15) is 0 Å². The number of ether oxygens (including phenoxy) is 1. The van der Waals surface area contributed by atoms with Gasteiger partial charge in [0.1, 0.15) is 0 Å². The van der Waals surface area contributed by atoms with Gasteiger partial charge in [-0.15, -0.1) is 0 Å². The van der Waals surface area contributed by atoms with Crippen LogP contribution in [0.1, 0.15) is 64.4 Å². The number of esters is 1. The highest BCUT2D eigenvalue weighted by atomic mass is 16.6. The minimum Gasteiger partial charge on any atom is -0.416 e. The monoisotopic (exact) mass is 364 g/mol. The van der Waals surface area contributed by atoms with Crippen molar-refractivity contribution in [3.05, 3.63) is 50.1 Å². The second-order valence-corrected chi connectivity index (χ2v) is 6.06. The number of hydrogen-bond acceptors (Lipinski definition) is 6. The lowest BCUT2D eigenvalue weighted by Crippen LogP contribution is -2.08. The minimum atomic E-state index is -0.791. The van der Waals surface area contributed by atoms with Crippen LogP contribution < -0.4 is 4.74 Å². The van der Waals surface area contributed by atoms with Crippen molar-refractivity contribution < 1.29 is 19.4 Å². The Morgan fingerprint density at radius 3 is 2.35 bits per heavy atom. The number of nitro benzene ring substituents is 2. The van der Waals surface area contributed by atoms with E-state index in [4.69, 9.17) is 4.74 Å². The molecule has 142 valence electrons. The summed E-state index contributed by atoms with van der Waals surface area (Å²) < 4.78 is 5.03. The summed E-state index contributed by atoms with van der Waals surface area (Å²) in [7, 11) is 0. The summed E-state index contributed by atoms with van der Waals surface area (Å²) in [5, 5.41) is 22.6. The molecule has 8 nitrogen and oxygen atoms in total. The molecular formula is C18H24N2O6. The normalized spacial score (nSPS) is 12.1. The Balaban J connectivity index is 3.26. The molecule has 0 spiro atoms. The maximum absolute atomic E-state index is 11.7. The Hall–Kier alpha value is -2.77. The highest BCUT2D eigenvalue weighted by molar-refractivity contribution is 5.85. The van der Waals surface area contributed by atoms with E-state index in [1.165, 1.54) is 12.1 Å². The van der Waals surface area contributed by atoms with Crippen LogP contribution in [-0.4, -0.2) is 15.8 Å². The maximum Gasteiger partial charge on any atom is 0.336 e. The van der Waals surface area contributed by atoms with E-state index in [1.807, 2.05) is 6.92 Å². The molecule has 0 aromatic heterocycles. The Bertz CT molecular complexity index is 699. The molecule has 0 bridgehead atoms. The Morgan fingerprint density at radius 1 is 1.15 bits per heavy atom. The highest BCUT2D eigenvalue weighted by Crippen LogP contribution is 2.39. The molecule has 0 aliphatic carbocycles. The van der Waals surface area contributed by atoms with Gasteiger partial charge in [0.25, 0.3) is 5.69 Å². The highest BCUT2D eigenvalue weighted by Gasteiger charge is 2.28. The van der Waals surface area contributed by atoms with E-state index in [9.17, 15) is 25.0 Å². The van der Waals surface area contributed by atoms with Crippen molar-refractivity contribution in [2.45, 2.75) is 58.8 Å². The zero-order chi connectivity index (χ0) is 19.7. The number of rotatable bonds is 10. The number of allylic oxidation sites excluding steroid dienone is 1. The number of benzene rings is 1. The van der Waals surface area contributed by atoms with Crippen molar-refractivity contribution >= 4 is 17.3 Å². The van der Waals surface area contributed by atoms with Crippen molar-refractivity contribution in [2.24, 2.45) is 0 Å². The number of nitro groups is 2. The summed E-state index contributed by atoms with van der Waals surface area (Å²) in [6, 6.07) is 2.12. The SMILES string of the molecule is C/C=C/C(=O)Oc1cc(C(C)CCCCCC)c([N+](=O)[O-])cc1[N+](=O)[O-]. The first kappa shape index (κ1) is 21.3. The van der Waals surface area contributed by atoms with Crippen LogP contribution in [0.25, 0.3) is 0 Å². The fraction of sp³-hybridized carbons (Fsp3) is 0.500. The van der Waals surface area contributed by atoms with Gasteiger partial charge in [-0.25, -0.2) is 4.79 Å². The Morgan fingerprint density at radius 2 is 1.81 bits per heavy atom. The lowest BCUT2D eigenvalue weighted by molar-refractivity contribution is -0.395. The van der Waals surface area contributed by atoms with Crippen molar-refractivity contribution in [1.29, 1.82) is 0 Å². The van der Waals surface area contributed by atoms with Gasteiger partial charge < -0.3 is 4.74 Å². The van der Waals surface area contributed by atoms with Crippen LogP contribution in [0.4, 0.5) is 11.4 Å². The predicted octanol–water partition coefficient (Wildman–Crippen LogP) is 5.06. The molecule has 0 fully saturated rings. The van der Waals surface area contributed by atoms with Gasteiger partial charge >= 0.3 is 11.7 Å². The molecule has 1 unspecified atom stereocenters. The van der Waals surface area contributed by atoms with Crippen LogP contribution >= 0.6 is 0 Å². The zero-order valence-electron chi connectivity index (χ0n) is 15.3. The van der Waals surface area contributed by atoms with Gasteiger partial charge in [0.2, 0.25) is 5.75 Å². The first-order chi connectivity index (χ1) is 12.3. The average Bonchev–Trinajstić information content (AvgIpc) is 2.57. The van der Waals surface area contributed by atoms with Gasteiger partial charge in [-0.3, -0.25) is 20.2 Å². The number of nitrogens with zero attached hydrogens (tertiary/aromatic N) is 2. The molecule has 26 heavy (non-hydrogen) atoms. The molecule has 1 atom stereocenters. The Kier molecular flexibility index (Phi) is 8.41. The maximum atomic E-state index is 11.7. The molecule has 0 amide bonds. The van der Waals surface area contributed by atoms with Crippen LogP contribution in [0.3, 0.4) is 0 Å². The lowest BCUT2D eigenvalue weighted by atomic mass is 9.93.